The highest BCUT2D eigenvalue weighted by atomic mass is 32.2. The molecule has 0 heterocycles. The topological polar surface area (TPSA) is 61.8 Å². The standard InChI is InChI=1S/C20H20O5S/c1-23-16-9-11-5-7-14(21)13-10-15(22)17(26-4)8-6-12(13)18(11)20(25-3)19(16)24-2/h6,8-10H,5,7H2,1-4H3. The molecule has 1 aliphatic rings. The van der Waals surface area contributed by atoms with Crippen molar-refractivity contribution in [3.63, 3.8) is 0 Å². The number of methoxy groups -OCH3 is 3. The summed E-state index contributed by atoms with van der Waals surface area (Å²) in [6.07, 6.45) is 2.69. The second-order valence-electron chi connectivity index (χ2n) is 5.84. The van der Waals surface area contributed by atoms with Crippen LogP contribution < -0.4 is 19.6 Å². The van der Waals surface area contributed by atoms with E-state index in [0.29, 0.717) is 46.1 Å². The maximum absolute atomic E-state index is 12.7. The molecule has 0 fully saturated rings. The van der Waals surface area contributed by atoms with Gasteiger partial charge in [-0.2, -0.15) is 0 Å². The van der Waals surface area contributed by atoms with E-state index in [0.717, 1.165) is 11.1 Å². The van der Waals surface area contributed by atoms with Gasteiger partial charge >= 0.3 is 0 Å². The van der Waals surface area contributed by atoms with Crippen LogP contribution >= 0.6 is 11.8 Å². The third kappa shape index (κ3) is 2.94. The molecule has 3 rings (SSSR count). The molecule has 0 radical (unpaired) electrons. The molecule has 2 aromatic carbocycles. The van der Waals surface area contributed by atoms with Crippen LogP contribution in [0, 0.1) is 0 Å². The molecule has 0 saturated heterocycles. The Bertz CT molecular complexity index is 936. The number of carbonyl (C=O) groups is 1. The highest BCUT2D eigenvalue weighted by molar-refractivity contribution is 7.98. The number of carbonyl (C=O) groups excluding carboxylic acids is 1. The predicted octanol–water partition coefficient (Wildman–Crippen LogP) is 3.59. The molecule has 136 valence electrons. The number of hydrogen-bond donors (Lipinski definition) is 0. The van der Waals surface area contributed by atoms with Crippen molar-refractivity contribution < 1.29 is 19.0 Å². The summed E-state index contributed by atoms with van der Waals surface area (Å²) in [5.74, 6) is 1.46. The van der Waals surface area contributed by atoms with Crippen molar-refractivity contribution in [2.24, 2.45) is 0 Å². The zero-order valence-electron chi connectivity index (χ0n) is 15.2. The molecule has 0 atom stereocenters. The van der Waals surface area contributed by atoms with Crippen LogP contribution in [-0.4, -0.2) is 33.4 Å². The van der Waals surface area contributed by atoms with Gasteiger partial charge in [0.05, 0.1) is 26.2 Å². The van der Waals surface area contributed by atoms with E-state index in [9.17, 15) is 9.59 Å². The Morgan fingerprint density at radius 1 is 0.885 bits per heavy atom. The summed E-state index contributed by atoms with van der Waals surface area (Å²) >= 11 is 1.36. The fraction of sp³-hybridized carbons (Fsp3) is 0.300. The Hall–Kier alpha value is -2.47. The molecule has 5 nitrogen and oxygen atoms in total. The number of ether oxygens (including phenoxy) is 3. The quantitative estimate of drug-likeness (QED) is 0.765. The summed E-state index contributed by atoms with van der Waals surface area (Å²) in [7, 11) is 4.66. The predicted molar refractivity (Wildman–Crippen MR) is 102 cm³/mol. The molecule has 0 spiro atoms. The lowest BCUT2D eigenvalue weighted by Crippen LogP contribution is -2.04. The molecule has 2 aromatic rings. The van der Waals surface area contributed by atoms with E-state index in [-0.39, 0.29) is 11.2 Å². The van der Waals surface area contributed by atoms with E-state index in [1.54, 1.807) is 27.4 Å². The van der Waals surface area contributed by atoms with Crippen LogP contribution in [0.2, 0.25) is 0 Å². The van der Waals surface area contributed by atoms with Gasteiger partial charge in [-0.1, -0.05) is 6.07 Å². The first-order valence-electron chi connectivity index (χ1n) is 8.13. The molecule has 26 heavy (non-hydrogen) atoms. The number of rotatable bonds is 4. The van der Waals surface area contributed by atoms with E-state index in [2.05, 4.69) is 0 Å². The molecule has 1 aliphatic carbocycles. The Labute approximate surface area is 156 Å². The average molecular weight is 372 g/mol. The van der Waals surface area contributed by atoms with Crippen LogP contribution in [0.4, 0.5) is 0 Å². The lowest BCUT2D eigenvalue weighted by molar-refractivity contribution is 0.0984. The largest absolute Gasteiger partial charge is 0.493 e. The first-order valence-corrected chi connectivity index (χ1v) is 9.35. The summed E-state index contributed by atoms with van der Waals surface area (Å²) in [6.45, 7) is 0. The van der Waals surface area contributed by atoms with Crippen molar-refractivity contribution in [2.75, 3.05) is 27.6 Å². The zero-order valence-corrected chi connectivity index (χ0v) is 16.0. The zero-order chi connectivity index (χ0) is 18.8. The first-order chi connectivity index (χ1) is 12.5. The second-order valence-corrected chi connectivity index (χ2v) is 6.69. The maximum Gasteiger partial charge on any atom is 0.203 e. The number of benzene rings is 1. The van der Waals surface area contributed by atoms with Gasteiger partial charge < -0.3 is 14.2 Å². The van der Waals surface area contributed by atoms with Crippen LogP contribution in [0.5, 0.6) is 17.2 Å². The van der Waals surface area contributed by atoms with E-state index in [4.69, 9.17) is 14.2 Å². The Balaban J connectivity index is 2.45. The van der Waals surface area contributed by atoms with Crippen LogP contribution in [0.25, 0.3) is 11.1 Å². The maximum atomic E-state index is 12.7. The lowest BCUT2D eigenvalue weighted by Gasteiger charge is -2.19. The minimum absolute atomic E-state index is 0.0588. The van der Waals surface area contributed by atoms with E-state index >= 15 is 0 Å². The third-order valence-corrected chi connectivity index (χ3v) is 5.31. The fourth-order valence-corrected chi connectivity index (χ4v) is 3.77. The van der Waals surface area contributed by atoms with E-state index in [1.165, 1.54) is 17.8 Å². The molecule has 0 amide bonds. The van der Waals surface area contributed by atoms with Gasteiger partial charge in [-0.3, -0.25) is 9.59 Å². The average Bonchev–Trinajstić information content (AvgIpc) is 2.89. The minimum atomic E-state index is -0.157. The summed E-state index contributed by atoms with van der Waals surface area (Å²) < 4.78 is 16.6. The van der Waals surface area contributed by atoms with Crippen molar-refractivity contribution in [3.8, 4) is 28.4 Å². The minimum Gasteiger partial charge on any atom is -0.493 e. The van der Waals surface area contributed by atoms with Crippen molar-refractivity contribution in [1.82, 2.24) is 0 Å². The molecule has 0 N–H and O–H groups in total. The molecule has 0 saturated carbocycles. The number of hydrogen-bond acceptors (Lipinski definition) is 6. The fourth-order valence-electron chi connectivity index (χ4n) is 3.31. The van der Waals surface area contributed by atoms with Crippen molar-refractivity contribution >= 4 is 17.5 Å². The van der Waals surface area contributed by atoms with Crippen molar-refractivity contribution in [2.45, 2.75) is 17.7 Å². The van der Waals surface area contributed by atoms with Crippen molar-refractivity contribution in [3.05, 3.63) is 45.6 Å². The van der Waals surface area contributed by atoms with Gasteiger partial charge in [-0.05, 0) is 42.0 Å². The van der Waals surface area contributed by atoms with Gasteiger partial charge in [0.15, 0.2) is 22.7 Å². The molecular weight excluding hydrogens is 352 g/mol. The molecule has 0 bridgehead atoms. The molecule has 0 aromatic heterocycles. The van der Waals surface area contributed by atoms with Gasteiger partial charge in [0.1, 0.15) is 0 Å². The number of thioether (sulfide) groups is 1. The van der Waals surface area contributed by atoms with E-state index in [1.807, 2.05) is 18.4 Å². The Morgan fingerprint density at radius 3 is 2.23 bits per heavy atom. The van der Waals surface area contributed by atoms with E-state index < -0.39 is 0 Å². The smallest absolute Gasteiger partial charge is 0.203 e. The second kappa shape index (κ2) is 7.41. The van der Waals surface area contributed by atoms with Gasteiger partial charge in [-0.15, -0.1) is 11.8 Å². The lowest BCUT2D eigenvalue weighted by atomic mass is 9.96. The van der Waals surface area contributed by atoms with Crippen molar-refractivity contribution in [1.29, 1.82) is 0 Å². The summed E-state index contributed by atoms with van der Waals surface area (Å²) in [5.41, 5.74) is 2.64. The summed E-state index contributed by atoms with van der Waals surface area (Å²) in [5, 5.41) is 0. The molecule has 6 heteroatoms. The third-order valence-electron chi connectivity index (χ3n) is 4.53. The number of aryl methyl sites for hydroxylation is 1. The van der Waals surface area contributed by atoms with Crippen LogP contribution in [0.3, 0.4) is 0 Å². The normalized spacial score (nSPS) is 12.7. The Morgan fingerprint density at radius 2 is 1.62 bits per heavy atom. The first kappa shape index (κ1) is 18.3. The van der Waals surface area contributed by atoms with Gasteiger partial charge in [-0.25, -0.2) is 0 Å². The number of fused-ring (bicyclic) bond motifs is 3. The highest BCUT2D eigenvalue weighted by Gasteiger charge is 2.27. The number of ketones is 1. The van der Waals surface area contributed by atoms with Gasteiger partial charge in [0.25, 0.3) is 0 Å². The highest BCUT2D eigenvalue weighted by Crippen LogP contribution is 2.48. The molecule has 0 aliphatic heterocycles. The molecule has 0 unspecified atom stereocenters. The Kier molecular flexibility index (Phi) is 5.23. The SMILES string of the molecule is COc1cc2c(c(OC)c1OC)-c1ccc(SC)c(=O)cc1C(=O)CC2. The van der Waals surface area contributed by atoms with Gasteiger partial charge in [0, 0.05) is 17.5 Å². The van der Waals surface area contributed by atoms with Crippen LogP contribution in [0.1, 0.15) is 22.3 Å². The van der Waals surface area contributed by atoms with Gasteiger partial charge in [0.2, 0.25) is 5.75 Å². The molecular formula is C20H20O5S. The summed E-state index contributed by atoms with van der Waals surface area (Å²) in [6, 6.07) is 6.89. The van der Waals surface area contributed by atoms with Crippen LogP contribution in [0.15, 0.2) is 34.0 Å². The summed E-state index contributed by atoms with van der Waals surface area (Å²) in [4.78, 5) is 25.7. The van der Waals surface area contributed by atoms with Crippen LogP contribution in [-0.2, 0) is 6.42 Å². The number of Topliss-reactive ketones (excluding diaryl/α,β-unsaturated/α-hetero) is 1. The monoisotopic (exact) mass is 372 g/mol.